The van der Waals surface area contributed by atoms with Crippen molar-refractivity contribution in [3.05, 3.63) is 76.7 Å². The highest BCUT2D eigenvalue weighted by Crippen LogP contribution is 2.24. The van der Waals surface area contributed by atoms with Crippen molar-refractivity contribution >= 4 is 27.6 Å². The van der Waals surface area contributed by atoms with Crippen LogP contribution in [0.2, 0.25) is 0 Å². The van der Waals surface area contributed by atoms with Crippen molar-refractivity contribution in [1.82, 2.24) is 10.2 Å². The summed E-state index contributed by atoms with van der Waals surface area (Å²) in [5.74, 6) is 1.03. The standard InChI is InChI=1S/C19H14BrN3O5/c20-16-8-7-15(27-16)18-23-22-17(28-18)11-26-19(24)13-5-1-2-6-14(13)21-10-12-4-3-9-25-12/h1-9,21H,10-11H2. The number of nitrogens with zero attached hydrogens (tertiary/aromatic N) is 2. The molecular weight excluding hydrogens is 430 g/mol. The maximum absolute atomic E-state index is 12.5. The van der Waals surface area contributed by atoms with E-state index < -0.39 is 5.97 Å². The maximum Gasteiger partial charge on any atom is 0.340 e. The van der Waals surface area contributed by atoms with Crippen LogP contribution in [0.3, 0.4) is 0 Å². The van der Waals surface area contributed by atoms with Crippen LogP contribution in [-0.4, -0.2) is 16.2 Å². The molecule has 0 fully saturated rings. The summed E-state index contributed by atoms with van der Waals surface area (Å²) in [4.78, 5) is 12.5. The lowest BCUT2D eigenvalue weighted by Gasteiger charge is -2.10. The van der Waals surface area contributed by atoms with Crippen LogP contribution < -0.4 is 5.32 Å². The molecule has 142 valence electrons. The first-order valence-electron chi connectivity index (χ1n) is 8.29. The fourth-order valence-corrected chi connectivity index (χ4v) is 2.76. The monoisotopic (exact) mass is 443 g/mol. The lowest BCUT2D eigenvalue weighted by Crippen LogP contribution is -2.10. The number of aromatic nitrogens is 2. The number of furan rings is 2. The SMILES string of the molecule is O=C(OCc1nnc(-c2ccc(Br)o2)o1)c1ccccc1NCc1ccco1. The third kappa shape index (κ3) is 4.15. The van der Waals surface area contributed by atoms with E-state index in [4.69, 9.17) is 18.0 Å². The Kier molecular flexibility index (Phi) is 5.24. The second-order valence-electron chi connectivity index (χ2n) is 5.66. The quantitative estimate of drug-likeness (QED) is 0.411. The first-order chi connectivity index (χ1) is 13.7. The highest BCUT2D eigenvalue weighted by molar-refractivity contribution is 9.10. The lowest BCUT2D eigenvalue weighted by atomic mass is 10.2. The van der Waals surface area contributed by atoms with Crippen LogP contribution in [0.5, 0.6) is 0 Å². The van der Waals surface area contributed by atoms with Crippen LogP contribution in [0.4, 0.5) is 5.69 Å². The molecule has 0 saturated carbocycles. The van der Waals surface area contributed by atoms with Crippen molar-refractivity contribution in [3.8, 4) is 11.7 Å². The van der Waals surface area contributed by atoms with Crippen LogP contribution >= 0.6 is 15.9 Å². The average Bonchev–Trinajstić information content (AvgIpc) is 3.46. The van der Waals surface area contributed by atoms with E-state index in [9.17, 15) is 4.79 Å². The van der Waals surface area contributed by atoms with Crippen LogP contribution in [0.1, 0.15) is 22.0 Å². The molecule has 0 saturated heterocycles. The molecule has 3 heterocycles. The zero-order chi connectivity index (χ0) is 19.3. The molecule has 0 aliphatic carbocycles. The van der Waals surface area contributed by atoms with E-state index in [1.807, 2.05) is 12.1 Å². The Balaban J connectivity index is 1.39. The van der Waals surface area contributed by atoms with E-state index in [-0.39, 0.29) is 18.4 Å². The number of hydrogen-bond acceptors (Lipinski definition) is 8. The van der Waals surface area contributed by atoms with Gasteiger partial charge in [0.15, 0.2) is 17.0 Å². The van der Waals surface area contributed by atoms with E-state index in [0.29, 0.717) is 28.2 Å². The minimum Gasteiger partial charge on any atom is -0.467 e. The van der Waals surface area contributed by atoms with Crippen molar-refractivity contribution in [2.24, 2.45) is 0 Å². The molecular formula is C19H14BrN3O5. The number of carbonyl (C=O) groups is 1. The molecule has 3 aromatic heterocycles. The summed E-state index contributed by atoms with van der Waals surface area (Å²) < 4.78 is 21.9. The topological polar surface area (TPSA) is 104 Å². The number of esters is 1. The Morgan fingerprint density at radius 2 is 1.96 bits per heavy atom. The summed E-state index contributed by atoms with van der Waals surface area (Å²) in [7, 11) is 0. The summed E-state index contributed by atoms with van der Waals surface area (Å²) >= 11 is 3.21. The summed E-state index contributed by atoms with van der Waals surface area (Å²) in [5, 5.41) is 10.9. The Labute approximate surface area is 167 Å². The molecule has 9 heteroatoms. The van der Waals surface area contributed by atoms with Gasteiger partial charge in [0.25, 0.3) is 11.8 Å². The largest absolute Gasteiger partial charge is 0.467 e. The number of nitrogens with one attached hydrogen (secondary N) is 1. The minimum atomic E-state index is -0.511. The summed E-state index contributed by atoms with van der Waals surface area (Å²) in [5.41, 5.74) is 1.03. The Morgan fingerprint density at radius 3 is 2.75 bits per heavy atom. The Bertz CT molecular complexity index is 1070. The van der Waals surface area contributed by atoms with Crippen molar-refractivity contribution < 1.29 is 22.8 Å². The van der Waals surface area contributed by atoms with E-state index in [1.165, 1.54) is 0 Å². The number of benzene rings is 1. The molecule has 0 atom stereocenters. The molecule has 0 aliphatic heterocycles. The van der Waals surface area contributed by atoms with Crippen molar-refractivity contribution in [3.63, 3.8) is 0 Å². The molecule has 0 amide bonds. The minimum absolute atomic E-state index is 0.153. The van der Waals surface area contributed by atoms with Gasteiger partial charge in [-0.2, -0.15) is 0 Å². The Hall–Kier alpha value is -3.33. The molecule has 4 aromatic rings. The number of para-hydroxylation sites is 1. The molecule has 0 radical (unpaired) electrons. The lowest BCUT2D eigenvalue weighted by molar-refractivity contribution is 0.0439. The van der Waals surface area contributed by atoms with Crippen molar-refractivity contribution in [2.45, 2.75) is 13.2 Å². The summed E-state index contributed by atoms with van der Waals surface area (Å²) in [6.07, 6.45) is 1.59. The third-order valence-corrected chi connectivity index (χ3v) is 4.18. The van der Waals surface area contributed by atoms with Gasteiger partial charge >= 0.3 is 5.97 Å². The van der Waals surface area contributed by atoms with Gasteiger partial charge in [-0.15, -0.1) is 10.2 Å². The summed E-state index contributed by atoms with van der Waals surface area (Å²) in [6, 6.07) is 14.1. The molecule has 8 nitrogen and oxygen atoms in total. The van der Waals surface area contributed by atoms with E-state index in [0.717, 1.165) is 5.76 Å². The molecule has 28 heavy (non-hydrogen) atoms. The van der Waals surface area contributed by atoms with Crippen molar-refractivity contribution in [1.29, 1.82) is 0 Å². The van der Waals surface area contributed by atoms with Crippen LogP contribution in [0, 0.1) is 0 Å². The summed E-state index contributed by atoms with van der Waals surface area (Å²) in [6.45, 7) is 0.295. The predicted molar refractivity (Wildman–Crippen MR) is 101 cm³/mol. The smallest absolute Gasteiger partial charge is 0.340 e. The van der Waals surface area contributed by atoms with Gasteiger partial charge in [0, 0.05) is 5.69 Å². The van der Waals surface area contributed by atoms with Gasteiger partial charge < -0.3 is 23.3 Å². The Morgan fingerprint density at radius 1 is 1.07 bits per heavy atom. The molecule has 1 aromatic carbocycles. The predicted octanol–water partition coefficient (Wildman–Crippen LogP) is 4.65. The van der Waals surface area contributed by atoms with Gasteiger partial charge in [0.2, 0.25) is 0 Å². The van der Waals surface area contributed by atoms with Gasteiger partial charge in [0.1, 0.15) is 5.76 Å². The fraction of sp³-hybridized carbons (Fsp3) is 0.105. The first kappa shape index (κ1) is 18.1. The number of rotatable bonds is 7. The molecule has 0 bridgehead atoms. The fourth-order valence-electron chi connectivity index (χ4n) is 2.46. The van der Waals surface area contributed by atoms with Crippen LogP contribution in [0.25, 0.3) is 11.7 Å². The van der Waals surface area contributed by atoms with Gasteiger partial charge in [-0.05, 0) is 52.3 Å². The number of carbonyl (C=O) groups excluding carboxylic acids is 1. The number of hydrogen-bond donors (Lipinski definition) is 1. The van der Waals surface area contributed by atoms with E-state index in [2.05, 4.69) is 31.4 Å². The highest BCUT2D eigenvalue weighted by atomic mass is 79.9. The number of ether oxygens (including phenoxy) is 1. The zero-order valence-electron chi connectivity index (χ0n) is 14.4. The van der Waals surface area contributed by atoms with Gasteiger partial charge in [0.05, 0.1) is 18.4 Å². The molecule has 1 N–H and O–H groups in total. The second kappa shape index (κ2) is 8.13. The zero-order valence-corrected chi connectivity index (χ0v) is 16.0. The average molecular weight is 444 g/mol. The third-order valence-electron chi connectivity index (χ3n) is 3.76. The molecule has 0 aliphatic rings. The van der Waals surface area contributed by atoms with Gasteiger partial charge in [-0.1, -0.05) is 12.1 Å². The number of anilines is 1. The molecule has 0 spiro atoms. The van der Waals surface area contributed by atoms with E-state index in [1.54, 1.807) is 42.7 Å². The molecule has 0 unspecified atom stereocenters. The van der Waals surface area contributed by atoms with Crippen molar-refractivity contribution in [2.75, 3.05) is 5.32 Å². The second-order valence-corrected chi connectivity index (χ2v) is 6.44. The molecule has 4 rings (SSSR count). The first-order valence-corrected chi connectivity index (χ1v) is 9.09. The normalized spacial score (nSPS) is 10.8. The van der Waals surface area contributed by atoms with E-state index >= 15 is 0 Å². The maximum atomic E-state index is 12.5. The van der Waals surface area contributed by atoms with Crippen LogP contribution in [0.15, 0.2) is 72.7 Å². The number of halogens is 1. The highest BCUT2D eigenvalue weighted by Gasteiger charge is 2.16. The van der Waals surface area contributed by atoms with Crippen LogP contribution in [-0.2, 0) is 17.9 Å². The van der Waals surface area contributed by atoms with Gasteiger partial charge in [-0.25, -0.2) is 4.79 Å². The van der Waals surface area contributed by atoms with Gasteiger partial charge in [-0.3, -0.25) is 0 Å².